The molecule has 0 spiro atoms. The standard InChI is InChI=1S/C21H24N4O3S/c1-2-17-14-22-21(23-17)19(24-20(26)13-15-6-4-3-5-7-15)12-16-8-10-18(11-9-16)25-29(27)28/h3-11,14,19,25H,2,12-13H2,1H3,(H,22,23)(H,24,26)(H,27,28)/t19-/m0/s1. The summed E-state index contributed by atoms with van der Waals surface area (Å²) < 4.78 is 22.2. The summed E-state index contributed by atoms with van der Waals surface area (Å²) in [5.74, 6) is 0.631. The number of carbonyl (C=O) groups is 1. The van der Waals surface area contributed by atoms with Gasteiger partial charge in [0.2, 0.25) is 5.91 Å². The lowest BCUT2D eigenvalue weighted by molar-refractivity contribution is -0.121. The molecule has 0 saturated heterocycles. The first kappa shape index (κ1) is 20.8. The number of imidazole rings is 1. The Labute approximate surface area is 172 Å². The van der Waals surface area contributed by atoms with Crippen molar-refractivity contribution in [3.05, 3.63) is 83.4 Å². The van der Waals surface area contributed by atoms with E-state index >= 15 is 0 Å². The minimum Gasteiger partial charge on any atom is -0.346 e. The van der Waals surface area contributed by atoms with Crippen molar-refractivity contribution in [3.8, 4) is 0 Å². The van der Waals surface area contributed by atoms with Crippen molar-refractivity contribution in [3.63, 3.8) is 0 Å². The monoisotopic (exact) mass is 412 g/mol. The van der Waals surface area contributed by atoms with E-state index in [0.29, 0.717) is 24.4 Å². The van der Waals surface area contributed by atoms with Gasteiger partial charge in [0.15, 0.2) is 0 Å². The minimum absolute atomic E-state index is 0.0791. The predicted molar refractivity (Wildman–Crippen MR) is 114 cm³/mol. The fourth-order valence-electron chi connectivity index (χ4n) is 3.02. The number of H-pyrrole nitrogens is 1. The van der Waals surface area contributed by atoms with E-state index in [1.807, 2.05) is 49.4 Å². The van der Waals surface area contributed by atoms with Crippen LogP contribution in [-0.2, 0) is 35.3 Å². The lowest BCUT2D eigenvalue weighted by Crippen LogP contribution is -2.32. The lowest BCUT2D eigenvalue weighted by Gasteiger charge is -2.17. The molecular weight excluding hydrogens is 388 g/mol. The number of carbonyl (C=O) groups excluding carboxylic acids is 1. The molecule has 0 saturated carbocycles. The van der Waals surface area contributed by atoms with Crippen molar-refractivity contribution in [2.24, 2.45) is 0 Å². The lowest BCUT2D eigenvalue weighted by atomic mass is 10.0. The van der Waals surface area contributed by atoms with E-state index < -0.39 is 11.3 Å². The van der Waals surface area contributed by atoms with Gasteiger partial charge in [-0.05, 0) is 36.1 Å². The van der Waals surface area contributed by atoms with Gasteiger partial charge in [-0.2, -0.15) is 0 Å². The van der Waals surface area contributed by atoms with E-state index in [9.17, 15) is 9.00 Å². The Morgan fingerprint density at radius 3 is 2.48 bits per heavy atom. The molecule has 152 valence electrons. The second-order valence-corrected chi connectivity index (χ2v) is 7.38. The van der Waals surface area contributed by atoms with Crippen LogP contribution in [0.15, 0.2) is 60.8 Å². The van der Waals surface area contributed by atoms with E-state index in [4.69, 9.17) is 4.55 Å². The Morgan fingerprint density at radius 1 is 1.14 bits per heavy atom. The van der Waals surface area contributed by atoms with Crippen LogP contribution in [0.3, 0.4) is 0 Å². The molecule has 3 rings (SSSR count). The van der Waals surface area contributed by atoms with Crippen molar-refractivity contribution in [1.29, 1.82) is 0 Å². The molecule has 1 amide bonds. The summed E-state index contributed by atoms with van der Waals surface area (Å²) in [6.45, 7) is 2.04. The molecule has 0 aliphatic carbocycles. The van der Waals surface area contributed by atoms with Crippen LogP contribution in [0.5, 0.6) is 0 Å². The summed E-state index contributed by atoms with van der Waals surface area (Å²) in [5, 5.41) is 3.08. The van der Waals surface area contributed by atoms with E-state index in [0.717, 1.165) is 23.2 Å². The fourth-order valence-corrected chi connectivity index (χ4v) is 3.36. The van der Waals surface area contributed by atoms with Crippen LogP contribution in [0.2, 0.25) is 0 Å². The minimum atomic E-state index is -2.11. The first-order valence-electron chi connectivity index (χ1n) is 9.37. The molecule has 0 aliphatic rings. The number of nitrogens with one attached hydrogen (secondary N) is 3. The van der Waals surface area contributed by atoms with Crippen LogP contribution in [0, 0.1) is 0 Å². The summed E-state index contributed by atoms with van der Waals surface area (Å²) in [7, 11) is 0. The molecular formula is C21H24N4O3S. The highest BCUT2D eigenvalue weighted by atomic mass is 32.2. The van der Waals surface area contributed by atoms with Gasteiger partial charge in [-0.1, -0.05) is 49.4 Å². The third kappa shape index (κ3) is 6.27. The predicted octanol–water partition coefficient (Wildman–Crippen LogP) is 3.16. The first-order chi connectivity index (χ1) is 14.0. The molecule has 0 aliphatic heterocycles. The van der Waals surface area contributed by atoms with Crippen molar-refractivity contribution in [1.82, 2.24) is 15.3 Å². The maximum atomic E-state index is 12.6. The Morgan fingerprint density at radius 2 is 1.86 bits per heavy atom. The molecule has 29 heavy (non-hydrogen) atoms. The van der Waals surface area contributed by atoms with Gasteiger partial charge in [-0.15, -0.1) is 0 Å². The Hall–Kier alpha value is -2.97. The van der Waals surface area contributed by atoms with Crippen molar-refractivity contribution in [2.45, 2.75) is 32.2 Å². The fraction of sp³-hybridized carbons (Fsp3) is 0.238. The SMILES string of the molecule is CCc1cnc([C@H](Cc2ccc(NS(=O)O)cc2)NC(=O)Cc2ccccc2)[nH]1. The zero-order chi connectivity index (χ0) is 20.6. The van der Waals surface area contributed by atoms with E-state index in [1.165, 1.54) is 0 Å². The molecule has 8 heteroatoms. The number of aryl methyl sites for hydroxylation is 1. The van der Waals surface area contributed by atoms with Crippen LogP contribution in [-0.4, -0.2) is 24.6 Å². The molecule has 2 atom stereocenters. The number of hydrogen-bond acceptors (Lipinski definition) is 3. The van der Waals surface area contributed by atoms with Gasteiger partial charge in [-0.3, -0.25) is 14.1 Å². The molecule has 0 radical (unpaired) electrons. The highest BCUT2D eigenvalue weighted by Crippen LogP contribution is 2.19. The number of amides is 1. The second-order valence-electron chi connectivity index (χ2n) is 6.68. The summed E-state index contributed by atoms with van der Waals surface area (Å²) >= 11 is -2.11. The van der Waals surface area contributed by atoms with Gasteiger partial charge < -0.3 is 10.3 Å². The smallest absolute Gasteiger partial charge is 0.259 e. The van der Waals surface area contributed by atoms with Gasteiger partial charge in [0.05, 0.1) is 12.5 Å². The molecule has 0 bridgehead atoms. The van der Waals surface area contributed by atoms with Gasteiger partial charge >= 0.3 is 0 Å². The quantitative estimate of drug-likeness (QED) is 0.405. The molecule has 1 unspecified atom stereocenters. The maximum absolute atomic E-state index is 12.6. The third-order valence-electron chi connectivity index (χ3n) is 4.50. The summed E-state index contributed by atoms with van der Waals surface area (Å²) in [5.41, 5.74) is 3.47. The van der Waals surface area contributed by atoms with Gasteiger partial charge in [-0.25, -0.2) is 9.19 Å². The number of nitrogens with zero attached hydrogens (tertiary/aromatic N) is 1. The zero-order valence-corrected chi connectivity index (χ0v) is 16.9. The zero-order valence-electron chi connectivity index (χ0n) is 16.1. The number of aromatic nitrogens is 2. The number of benzene rings is 2. The molecule has 3 aromatic rings. The summed E-state index contributed by atoms with van der Waals surface area (Å²) in [6.07, 6.45) is 3.45. The van der Waals surface area contributed by atoms with Crippen LogP contribution < -0.4 is 10.0 Å². The van der Waals surface area contributed by atoms with Gasteiger partial charge in [0.25, 0.3) is 11.3 Å². The Balaban J connectivity index is 1.74. The van der Waals surface area contributed by atoms with Crippen molar-refractivity contribution >= 4 is 22.9 Å². The molecule has 0 fully saturated rings. The number of rotatable bonds is 9. The second kappa shape index (κ2) is 9.99. The number of hydrogen-bond donors (Lipinski definition) is 4. The first-order valence-corrected chi connectivity index (χ1v) is 10.5. The normalized spacial score (nSPS) is 12.9. The van der Waals surface area contributed by atoms with E-state index in [1.54, 1.807) is 18.3 Å². The highest BCUT2D eigenvalue weighted by molar-refractivity contribution is 7.80. The molecule has 2 aromatic carbocycles. The van der Waals surface area contributed by atoms with Crippen LogP contribution in [0.25, 0.3) is 0 Å². The van der Waals surface area contributed by atoms with Crippen LogP contribution in [0.4, 0.5) is 5.69 Å². The average Bonchev–Trinajstić information content (AvgIpc) is 3.18. The van der Waals surface area contributed by atoms with Crippen LogP contribution in [0.1, 0.15) is 35.6 Å². The highest BCUT2D eigenvalue weighted by Gasteiger charge is 2.19. The molecule has 7 nitrogen and oxygen atoms in total. The molecule has 1 heterocycles. The van der Waals surface area contributed by atoms with E-state index in [2.05, 4.69) is 20.0 Å². The topological polar surface area (TPSA) is 107 Å². The van der Waals surface area contributed by atoms with Crippen molar-refractivity contribution < 1.29 is 13.6 Å². The molecule has 1 aromatic heterocycles. The van der Waals surface area contributed by atoms with Gasteiger partial charge in [0.1, 0.15) is 5.82 Å². The number of aromatic amines is 1. The maximum Gasteiger partial charge on any atom is 0.259 e. The summed E-state index contributed by atoms with van der Waals surface area (Å²) in [4.78, 5) is 20.3. The molecule has 4 N–H and O–H groups in total. The largest absolute Gasteiger partial charge is 0.346 e. The summed E-state index contributed by atoms with van der Waals surface area (Å²) in [6, 6.07) is 16.5. The number of anilines is 1. The Bertz CT molecular complexity index is 958. The van der Waals surface area contributed by atoms with Crippen molar-refractivity contribution in [2.75, 3.05) is 4.72 Å². The average molecular weight is 413 g/mol. The van der Waals surface area contributed by atoms with Gasteiger partial charge in [0, 0.05) is 17.6 Å². The van der Waals surface area contributed by atoms with Crippen LogP contribution >= 0.6 is 0 Å². The Kier molecular flexibility index (Phi) is 7.15. The third-order valence-corrected chi connectivity index (χ3v) is 4.91. The van der Waals surface area contributed by atoms with E-state index in [-0.39, 0.29) is 11.9 Å².